The first-order valence-corrected chi connectivity index (χ1v) is 4.40. The number of carbonyl (C=O) groups excluding carboxylic acids is 1. The lowest BCUT2D eigenvalue weighted by Crippen LogP contribution is -2.19. The van der Waals surface area contributed by atoms with E-state index in [0.717, 1.165) is 12.8 Å². The van der Waals surface area contributed by atoms with Gasteiger partial charge in [-0.15, -0.1) is 0 Å². The molecule has 1 aromatic heterocycles. The molecule has 14 heavy (non-hydrogen) atoms. The highest BCUT2D eigenvalue weighted by molar-refractivity contribution is 5.74. The minimum atomic E-state index is 0.535. The highest BCUT2D eigenvalue weighted by Crippen LogP contribution is 2.09. The van der Waals surface area contributed by atoms with Gasteiger partial charge in [0.25, 0.3) is 0 Å². The van der Waals surface area contributed by atoms with Gasteiger partial charge >= 0.3 is 0 Å². The fourth-order valence-electron chi connectivity index (χ4n) is 0.925. The van der Waals surface area contributed by atoms with E-state index in [1.165, 1.54) is 6.20 Å². The number of ether oxygens (including phenoxy) is 1. The molecule has 76 valence electrons. The quantitative estimate of drug-likeness (QED) is 0.651. The minimum Gasteiger partial charge on any atom is -0.491 e. The molecule has 0 atom stereocenters. The number of aldehydes is 1. The van der Waals surface area contributed by atoms with Crippen LogP contribution < -0.4 is 4.74 Å². The normalized spacial score (nSPS) is 10.2. The van der Waals surface area contributed by atoms with Gasteiger partial charge in [-0.3, -0.25) is 9.78 Å². The number of pyridine rings is 1. The van der Waals surface area contributed by atoms with Crippen LogP contribution >= 0.6 is 0 Å². The topological polar surface area (TPSA) is 42.4 Å². The van der Waals surface area contributed by atoms with E-state index in [0.29, 0.717) is 17.9 Å². The maximum atomic E-state index is 10.4. The number of nitrogens with zero attached hydrogens (tertiary/aromatic N) is 2. The van der Waals surface area contributed by atoms with Crippen LogP contribution in [-0.4, -0.2) is 43.4 Å². The van der Waals surface area contributed by atoms with Gasteiger partial charge in [-0.05, 0) is 20.2 Å². The third-order valence-electron chi connectivity index (χ3n) is 1.68. The number of likely N-dealkylation sites (N-methyl/N-ethyl adjacent to an activating group) is 1. The van der Waals surface area contributed by atoms with Gasteiger partial charge in [0.15, 0.2) is 6.29 Å². The lowest BCUT2D eigenvalue weighted by Gasteiger charge is -2.10. The molecule has 0 fully saturated rings. The van der Waals surface area contributed by atoms with Crippen molar-refractivity contribution in [2.45, 2.75) is 0 Å². The van der Waals surface area contributed by atoms with Gasteiger partial charge in [0.2, 0.25) is 0 Å². The van der Waals surface area contributed by atoms with Crippen LogP contribution in [0.25, 0.3) is 0 Å². The first-order chi connectivity index (χ1) is 6.72. The zero-order valence-electron chi connectivity index (χ0n) is 8.43. The smallest absolute Gasteiger partial charge is 0.151 e. The molecule has 0 aromatic carbocycles. The van der Waals surface area contributed by atoms with E-state index in [1.54, 1.807) is 12.3 Å². The van der Waals surface area contributed by atoms with E-state index in [1.807, 2.05) is 19.0 Å². The van der Waals surface area contributed by atoms with E-state index in [9.17, 15) is 4.79 Å². The van der Waals surface area contributed by atoms with Gasteiger partial charge in [-0.25, -0.2) is 0 Å². The Morgan fingerprint density at radius 3 is 2.93 bits per heavy atom. The van der Waals surface area contributed by atoms with Crippen LogP contribution in [0.3, 0.4) is 0 Å². The molecule has 1 heterocycles. The molecule has 0 spiro atoms. The van der Waals surface area contributed by atoms with Crippen molar-refractivity contribution >= 4 is 6.29 Å². The number of carbonyl (C=O) groups is 1. The second kappa shape index (κ2) is 5.34. The molecule has 0 N–H and O–H groups in total. The van der Waals surface area contributed by atoms with Gasteiger partial charge < -0.3 is 9.64 Å². The monoisotopic (exact) mass is 194 g/mol. The predicted molar refractivity (Wildman–Crippen MR) is 53.7 cm³/mol. The first kappa shape index (κ1) is 10.7. The molecular formula is C10H14N2O2. The average Bonchev–Trinajstić information content (AvgIpc) is 2.18. The second-order valence-corrected chi connectivity index (χ2v) is 3.22. The Balaban J connectivity index is 2.46. The highest BCUT2D eigenvalue weighted by Gasteiger charge is 1.97. The summed E-state index contributed by atoms with van der Waals surface area (Å²) in [5.41, 5.74) is 0.535. The van der Waals surface area contributed by atoms with Crippen molar-refractivity contribution in [3.05, 3.63) is 24.0 Å². The summed E-state index contributed by atoms with van der Waals surface area (Å²) < 4.78 is 5.40. The van der Waals surface area contributed by atoms with E-state index < -0.39 is 0 Å². The molecule has 1 aromatic rings. The molecular weight excluding hydrogens is 180 g/mol. The van der Waals surface area contributed by atoms with Gasteiger partial charge in [0, 0.05) is 18.3 Å². The lowest BCUT2D eigenvalue weighted by molar-refractivity contribution is 0.112. The summed E-state index contributed by atoms with van der Waals surface area (Å²) in [5, 5.41) is 0. The Bertz CT molecular complexity index is 300. The fourth-order valence-corrected chi connectivity index (χ4v) is 0.925. The Morgan fingerprint density at radius 2 is 2.29 bits per heavy atom. The fraction of sp³-hybridized carbons (Fsp3) is 0.400. The van der Waals surface area contributed by atoms with E-state index >= 15 is 0 Å². The van der Waals surface area contributed by atoms with Crippen molar-refractivity contribution in [1.29, 1.82) is 0 Å². The third-order valence-corrected chi connectivity index (χ3v) is 1.68. The highest BCUT2D eigenvalue weighted by atomic mass is 16.5. The lowest BCUT2D eigenvalue weighted by atomic mass is 10.3. The maximum absolute atomic E-state index is 10.4. The summed E-state index contributed by atoms with van der Waals surface area (Å²) in [6.07, 6.45) is 3.86. The molecule has 0 saturated heterocycles. The molecule has 0 unspecified atom stereocenters. The van der Waals surface area contributed by atoms with Crippen LogP contribution in [-0.2, 0) is 0 Å². The van der Waals surface area contributed by atoms with E-state index in [-0.39, 0.29) is 0 Å². The zero-order chi connectivity index (χ0) is 10.4. The summed E-state index contributed by atoms with van der Waals surface area (Å²) >= 11 is 0. The van der Waals surface area contributed by atoms with Crippen molar-refractivity contribution in [1.82, 2.24) is 9.88 Å². The molecule has 1 rings (SSSR count). The van der Waals surface area contributed by atoms with Crippen molar-refractivity contribution in [2.75, 3.05) is 27.2 Å². The Hall–Kier alpha value is -1.42. The average molecular weight is 194 g/mol. The SMILES string of the molecule is CN(C)CCOc1cncc(C=O)c1. The molecule has 0 aliphatic carbocycles. The van der Waals surface area contributed by atoms with Crippen molar-refractivity contribution < 1.29 is 9.53 Å². The van der Waals surface area contributed by atoms with E-state index in [2.05, 4.69) is 4.98 Å². The van der Waals surface area contributed by atoms with Crippen molar-refractivity contribution in [3.63, 3.8) is 0 Å². The third kappa shape index (κ3) is 3.53. The standard InChI is InChI=1S/C10H14N2O2/c1-12(2)3-4-14-10-5-9(8-13)6-11-7-10/h5-8H,3-4H2,1-2H3. The molecule has 0 saturated carbocycles. The molecule has 0 bridgehead atoms. The summed E-state index contributed by atoms with van der Waals surface area (Å²) in [4.78, 5) is 16.3. The molecule has 0 aliphatic heterocycles. The summed E-state index contributed by atoms with van der Waals surface area (Å²) in [6, 6.07) is 1.68. The van der Waals surface area contributed by atoms with Gasteiger partial charge in [-0.1, -0.05) is 0 Å². The Labute approximate surface area is 83.5 Å². The van der Waals surface area contributed by atoms with Crippen LogP contribution in [0.4, 0.5) is 0 Å². The summed E-state index contributed by atoms with van der Waals surface area (Å²) in [6.45, 7) is 1.43. The van der Waals surface area contributed by atoms with Crippen LogP contribution in [0.5, 0.6) is 5.75 Å². The largest absolute Gasteiger partial charge is 0.491 e. The number of hydrogen-bond acceptors (Lipinski definition) is 4. The van der Waals surface area contributed by atoms with Crippen molar-refractivity contribution in [3.8, 4) is 5.75 Å². The Kier molecular flexibility index (Phi) is 4.07. The minimum absolute atomic E-state index is 0.535. The van der Waals surface area contributed by atoms with Gasteiger partial charge in [0.1, 0.15) is 12.4 Å². The number of aromatic nitrogens is 1. The molecule has 0 radical (unpaired) electrons. The predicted octanol–water partition coefficient (Wildman–Crippen LogP) is 0.834. The molecule has 4 heteroatoms. The van der Waals surface area contributed by atoms with Crippen LogP contribution in [0.1, 0.15) is 10.4 Å². The zero-order valence-corrected chi connectivity index (χ0v) is 8.43. The molecule has 4 nitrogen and oxygen atoms in total. The van der Waals surface area contributed by atoms with Crippen LogP contribution in [0, 0.1) is 0 Å². The summed E-state index contributed by atoms with van der Waals surface area (Å²) in [5.74, 6) is 0.636. The number of hydrogen-bond donors (Lipinski definition) is 0. The van der Waals surface area contributed by atoms with Crippen molar-refractivity contribution in [2.24, 2.45) is 0 Å². The summed E-state index contributed by atoms with van der Waals surface area (Å²) in [7, 11) is 3.95. The maximum Gasteiger partial charge on any atom is 0.151 e. The number of rotatable bonds is 5. The van der Waals surface area contributed by atoms with Crippen LogP contribution in [0.2, 0.25) is 0 Å². The molecule has 0 aliphatic rings. The molecule has 0 amide bonds. The van der Waals surface area contributed by atoms with E-state index in [4.69, 9.17) is 4.74 Å². The van der Waals surface area contributed by atoms with Gasteiger partial charge in [0.05, 0.1) is 6.20 Å². The first-order valence-electron chi connectivity index (χ1n) is 4.40. The Morgan fingerprint density at radius 1 is 1.50 bits per heavy atom. The second-order valence-electron chi connectivity index (χ2n) is 3.22. The van der Waals surface area contributed by atoms with Crippen LogP contribution in [0.15, 0.2) is 18.5 Å². The van der Waals surface area contributed by atoms with Gasteiger partial charge in [-0.2, -0.15) is 0 Å².